The van der Waals surface area contributed by atoms with Crippen LogP contribution >= 0.6 is 0 Å². The quantitative estimate of drug-likeness (QED) is 0.690. The van der Waals surface area contributed by atoms with E-state index in [4.69, 9.17) is 4.98 Å². The largest absolute Gasteiger partial charge is 0.387 e. The zero-order valence-corrected chi connectivity index (χ0v) is 18.8. The normalized spacial score (nSPS) is 22.4. The zero-order chi connectivity index (χ0) is 23.4. The molecule has 0 spiro atoms. The highest BCUT2D eigenvalue weighted by molar-refractivity contribution is 5.88. The highest BCUT2D eigenvalue weighted by Gasteiger charge is 2.35. The molecule has 1 fully saturated rings. The van der Waals surface area contributed by atoms with Crippen LogP contribution in [-0.4, -0.2) is 79.7 Å². The fraction of sp³-hybridized carbons (Fsp3) is 0.522. The van der Waals surface area contributed by atoms with E-state index in [1.165, 1.54) is 0 Å². The average Bonchev–Trinajstić information content (AvgIpc) is 3.48. The number of rotatable bonds is 2. The number of hydrogen-bond donors (Lipinski definition) is 2. The van der Waals surface area contributed by atoms with Gasteiger partial charge in [-0.3, -0.25) is 14.4 Å². The Morgan fingerprint density at radius 1 is 1.12 bits per heavy atom. The molecular weight excluding hydrogens is 424 g/mol. The summed E-state index contributed by atoms with van der Waals surface area (Å²) in [5, 5.41) is 17.1. The predicted molar refractivity (Wildman–Crippen MR) is 120 cm³/mol. The number of carbonyl (C=O) groups is 3. The molecule has 1 aromatic carbocycles. The van der Waals surface area contributed by atoms with Gasteiger partial charge in [-0.15, -0.1) is 0 Å². The monoisotopic (exact) mass is 454 g/mol. The van der Waals surface area contributed by atoms with Crippen LogP contribution in [0.3, 0.4) is 0 Å². The molecule has 0 unspecified atom stereocenters. The summed E-state index contributed by atoms with van der Waals surface area (Å²) in [5.74, 6) is 0.460. The van der Waals surface area contributed by atoms with Gasteiger partial charge < -0.3 is 20.2 Å². The Bertz CT molecular complexity index is 1010. The molecule has 2 aromatic rings. The lowest BCUT2D eigenvalue weighted by atomic mass is 10.1. The van der Waals surface area contributed by atoms with Crippen molar-refractivity contribution in [1.82, 2.24) is 29.9 Å². The molecule has 2 N–H and O–H groups in total. The van der Waals surface area contributed by atoms with Crippen molar-refractivity contribution >= 4 is 17.7 Å². The molecule has 33 heavy (non-hydrogen) atoms. The molecular formula is C23H30N6O4. The summed E-state index contributed by atoms with van der Waals surface area (Å²) >= 11 is 0. The zero-order valence-electron chi connectivity index (χ0n) is 18.8. The second kappa shape index (κ2) is 10.1. The SMILES string of the molecule is C[C@@H]1NC(=O)[C@@H]2CCCN2C(=O)CCCN(C(=O)CO)CCn2nc(-c3ccccc3)nc21. The molecule has 2 aliphatic rings. The Kier molecular flexibility index (Phi) is 7.02. The average molecular weight is 455 g/mol. The summed E-state index contributed by atoms with van der Waals surface area (Å²) in [6.45, 7) is 2.82. The molecule has 3 amide bonds. The van der Waals surface area contributed by atoms with Crippen molar-refractivity contribution in [3.8, 4) is 11.4 Å². The lowest BCUT2D eigenvalue weighted by Crippen LogP contribution is -2.47. The number of aromatic nitrogens is 3. The van der Waals surface area contributed by atoms with Crippen molar-refractivity contribution in [2.75, 3.05) is 26.2 Å². The van der Waals surface area contributed by atoms with E-state index in [9.17, 15) is 19.5 Å². The number of aliphatic hydroxyl groups is 1. The topological polar surface area (TPSA) is 121 Å². The van der Waals surface area contributed by atoms with E-state index in [0.29, 0.717) is 50.7 Å². The van der Waals surface area contributed by atoms with Gasteiger partial charge in [0.1, 0.15) is 18.5 Å². The highest BCUT2D eigenvalue weighted by Crippen LogP contribution is 2.23. The lowest BCUT2D eigenvalue weighted by molar-refractivity contribution is -0.139. The Balaban J connectivity index is 1.67. The van der Waals surface area contributed by atoms with Crippen LogP contribution in [0.15, 0.2) is 30.3 Å². The first kappa shape index (κ1) is 22.9. The number of amides is 3. The first-order valence-corrected chi connectivity index (χ1v) is 11.5. The third kappa shape index (κ3) is 5.05. The molecule has 0 bridgehead atoms. The van der Waals surface area contributed by atoms with Crippen LogP contribution in [0.5, 0.6) is 0 Å². The highest BCUT2D eigenvalue weighted by atomic mass is 16.3. The minimum absolute atomic E-state index is 0.0803. The van der Waals surface area contributed by atoms with Gasteiger partial charge in [-0.1, -0.05) is 30.3 Å². The second-order valence-electron chi connectivity index (χ2n) is 8.50. The van der Waals surface area contributed by atoms with Crippen LogP contribution in [0.25, 0.3) is 11.4 Å². The minimum Gasteiger partial charge on any atom is -0.387 e. The van der Waals surface area contributed by atoms with E-state index >= 15 is 0 Å². The van der Waals surface area contributed by atoms with E-state index in [1.54, 1.807) is 14.5 Å². The standard InChI is InChI=1S/C23H30N6O4/c1-16-22-25-21(17-7-3-2-4-8-17)26-29(22)14-13-27(20(32)15-30)11-6-10-19(31)28-12-5-9-18(28)23(33)24-16/h2-4,7-8,16,18,30H,5-6,9-15H2,1H3,(H,24,33)/t16-,18-/m0/s1. The lowest BCUT2D eigenvalue weighted by Gasteiger charge is -2.27. The number of hydrogen-bond acceptors (Lipinski definition) is 6. The van der Waals surface area contributed by atoms with E-state index in [1.807, 2.05) is 37.3 Å². The number of nitrogens with one attached hydrogen (secondary N) is 1. The maximum absolute atomic E-state index is 13.0. The van der Waals surface area contributed by atoms with Gasteiger partial charge in [-0.05, 0) is 26.2 Å². The number of fused-ring (bicyclic) bond motifs is 2. The van der Waals surface area contributed by atoms with Gasteiger partial charge in [0.25, 0.3) is 0 Å². The van der Waals surface area contributed by atoms with Crippen LogP contribution in [0.2, 0.25) is 0 Å². The minimum atomic E-state index is -0.589. The summed E-state index contributed by atoms with van der Waals surface area (Å²) in [7, 11) is 0. The van der Waals surface area contributed by atoms with E-state index in [-0.39, 0.29) is 24.1 Å². The molecule has 0 saturated carbocycles. The number of carbonyl (C=O) groups excluding carboxylic acids is 3. The first-order chi connectivity index (χ1) is 16.0. The maximum atomic E-state index is 13.0. The van der Waals surface area contributed by atoms with Crippen LogP contribution in [0.1, 0.15) is 44.5 Å². The van der Waals surface area contributed by atoms with Crippen LogP contribution in [0.4, 0.5) is 0 Å². The molecule has 4 rings (SSSR count). The van der Waals surface area contributed by atoms with Gasteiger partial charge >= 0.3 is 0 Å². The van der Waals surface area contributed by atoms with Crippen LogP contribution in [-0.2, 0) is 20.9 Å². The Morgan fingerprint density at radius 3 is 2.67 bits per heavy atom. The second-order valence-corrected chi connectivity index (χ2v) is 8.50. The maximum Gasteiger partial charge on any atom is 0.248 e. The molecule has 1 aromatic heterocycles. The molecule has 10 heteroatoms. The van der Waals surface area contributed by atoms with Crippen molar-refractivity contribution in [1.29, 1.82) is 0 Å². The van der Waals surface area contributed by atoms with Gasteiger partial charge in [0, 0.05) is 31.6 Å². The van der Waals surface area contributed by atoms with Gasteiger partial charge in [0.2, 0.25) is 17.7 Å². The molecule has 0 radical (unpaired) electrons. The first-order valence-electron chi connectivity index (χ1n) is 11.5. The molecule has 0 aliphatic carbocycles. The van der Waals surface area contributed by atoms with E-state index < -0.39 is 18.7 Å². The Labute approximate surface area is 192 Å². The molecule has 10 nitrogen and oxygen atoms in total. The van der Waals surface area contributed by atoms with Crippen molar-refractivity contribution in [3.05, 3.63) is 36.2 Å². The molecule has 176 valence electrons. The third-order valence-corrected chi connectivity index (χ3v) is 6.24. The third-order valence-electron chi connectivity index (χ3n) is 6.24. The summed E-state index contributed by atoms with van der Waals surface area (Å²) in [5.41, 5.74) is 0.852. The number of aliphatic hydroxyl groups excluding tert-OH is 1. The van der Waals surface area contributed by atoms with Gasteiger partial charge in [-0.2, -0.15) is 5.10 Å². The van der Waals surface area contributed by atoms with Crippen molar-refractivity contribution in [3.63, 3.8) is 0 Å². The summed E-state index contributed by atoms with van der Waals surface area (Å²) in [6.07, 6.45) is 2.12. The Hall–Kier alpha value is -3.27. The summed E-state index contributed by atoms with van der Waals surface area (Å²) < 4.78 is 1.72. The summed E-state index contributed by atoms with van der Waals surface area (Å²) in [6, 6.07) is 8.62. The van der Waals surface area contributed by atoms with Crippen molar-refractivity contribution in [2.45, 2.75) is 51.2 Å². The van der Waals surface area contributed by atoms with Crippen LogP contribution < -0.4 is 5.32 Å². The van der Waals surface area contributed by atoms with E-state index in [2.05, 4.69) is 10.4 Å². The smallest absolute Gasteiger partial charge is 0.248 e. The number of benzene rings is 1. The fourth-order valence-electron chi connectivity index (χ4n) is 4.50. The Morgan fingerprint density at radius 2 is 1.91 bits per heavy atom. The van der Waals surface area contributed by atoms with Crippen molar-refractivity contribution in [2.24, 2.45) is 0 Å². The van der Waals surface area contributed by atoms with Gasteiger partial charge in [0.05, 0.1) is 12.6 Å². The molecule has 2 atom stereocenters. The van der Waals surface area contributed by atoms with Crippen molar-refractivity contribution < 1.29 is 19.5 Å². The van der Waals surface area contributed by atoms with Crippen LogP contribution in [0, 0.1) is 0 Å². The molecule has 1 saturated heterocycles. The molecule has 2 aliphatic heterocycles. The van der Waals surface area contributed by atoms with Gasteiger partial charge in [0.15, 0.2) is 5.82 Å². The molecule has 3 heterocycles. The summed E-state index contributed by atoms with van der Waals surface area (Å²) in [4.78, 5) is 46.0. The van der Waals surface area contributed by atoms with E-state index in [0.717, 1.165) is 12.0 Å². The number of nitrogens with zero attached hydrogens (tertiary/aromatic N) is 5. The fourth-order valence-corrected chi connectivity index (χ4v) is 4.50. The van der Waals surface area contributed by atoms with Gasteiger partial charge in [-0.25, -0.2) is 9.67 Å². The predicted octanol–water partition coefficient (Wildman–Crippen LogP) is 0.728.